The summed E-state index contributed by atoms with van der Waals surface area (Å²) in [5, 5.41) is 12.3. The summed E-state index contributed by atoms with van der Waals surface area (Å²) in [7, 11) is -3.51. The molecule has 0 atom stereocenters. The first-order valence-corrected chi connectivity index (χ1v) is 9.18. The van der Waals surface area contributed by atoms with Gasteiger partial charge in [-0.05, 0) is 63.0 Å². The van der Waals surface area contributed by atoms with Gasteiger partial charge in [0, 0.05) is 12.6 Å². The number of hydrogen-bond acceptors (Lipinski definition) is 4. The zero-order chi connectivity index (χ0) is 16.2. The molecule has 1 aromatic rings. The molecule has 0 aliphatic carbocycles. The molecule has 0 radical (unpaired) electrons. The highest BCUT2D eigenvalue weighted by Gasteiger charge is 2.31. The molecule has 1 aliphatic heterocycles. The molecule has 1 N–H and O–H groups in total. The van der Waals surface area contributed by atoms with E-state index in [1.54, 1.807) is 29.4 Å². The zero-order valence-corrected chi connectivity index (χ0v) is 15.2. The molecule has 128 valence electrons. The highest BCUT2D eigenvalue weighted by atomic mass is 35.5. The van der Waals surface area contributed by atoms with Crippen LogP contribution in [0.15, 0.2) is 23.1 Å². The van der Waals surface area contributed by atoms with Crippen molar-refractivity contribution in [1.82, 2.24) is 9.62 Å². The summed E-state index contributed by atoms with van der Waals surface area (Å²) in [5.41, 5.74) is 1.22. The molecule has 0 amide bonds. The van der Waals surface area contributed by atoms with Crippen LogP contribution in [0.5, 0.6) is 0 Å². The maximum absolute atomic E-state index is 13.0. The fourth-order valence-electron chi connectivity index (χ4n) is 2.87. The van der Waals surface area contributed by atoms with E-state index < -0.39 is 10.0 Å². The first kappa shape index (κ1) is 19.9. The second kappa shape index (κ2) is 8.65. The summed E-state index contributed by atoms with van der Waals surface area (Å²) in [6.07, 6.45) is 2.47. The third-order valence-corrected chi connectivity index (χ3v) is 6.03. The lowest BCUT2D eigenvalue weighted by atomic mass is 10.1. The molecule has 1 saturated heterocycles. The van der Waals surface area contributed by atoms with Crippen LogP contribution < -0.4 is 5.32 Å². The number of piperidine rings is 1. The third-order valence-electron chi connectivity index (χ3n) is 4.08. The summed E-state index contributed by atoms with van der Waals surface area (Å²) in [4.78, 5) is 0.288. The number of nitrogens with one attached hydrogen (secondary N) is 1. The summed E-state index contributed by atoms with van der Waals surface area (Å²) in [5.74, 6) is 0. The van der Waals surface area contributed by atoms with Crippen LogP contribution in [-0.2, 0) is 10.0 Å². The molecule has 1 heterocycles. The standard InChI is InChI=1S/C16H23N3O2S.ClH/c1-3-10-19(15-6-8-18-9-7-15)22(20,21)16-5-4-14(12-17)13(2)11-16;/h4-5,11,15,18H,3,6-10H2,1-2H3;1H. The van der Waals surface area contributed by atoms with Crippen molar-refractivity contribution in [3.8, 4) is 6.07 Å². The molecule has 23 heavy (non-hydrogen) atoms. The maximum atomic E-state index is 13.0. The Labute approximate surface area is 145 Å². The van der Waals surface area contributed by atoms with E-state index >= 15 is 0 Å². The van der Waals surface area contributed by atoms with Gasteiger partial charge in [-0.15, -0.1) is 12.4 Å². The van der Waals surface area contributed by atoms with Crippen LogP contribution in [0, 0.1) is 18.3 Å². The summed E-state index contributed by atoms with van der Waals surface area (Å²) >= 11 is 0. The maximum Gasteiger partial charge on any atom is 0.243 e. The second-order valence-electron chi connectivity index (χ2n) is 5.69. The topological polar surface area (TPSA) is 73.2 Å². The van der Waals surface area contributed by atoms with Gasteiger partial charge in [-0.1, -0.05) is 6.92 Å². The quantitative estimate of drug-likeness (QED) is 0.878. The molecule has 1 aliphatic rings. The lowest BCUT2D eigenvalue weighted by Crippen LogP contribution is -2.46. The normalized spacial score (nSPS) is 15.9. The summed E-state index contributed by atoms with van der Waals surface area (Å²) in [6.45, 7) is 6.01. The van der Waals surface area contributed by atoms with Crippen LogP contribution in [0.3, 0.4) is 0 Å². The molecular formula is C16H24ClN3O2S. The van der Waals surface area contributed by atoms with E-state index in [0.717, 1.165) is 32.4 Å². The van der Waals surface area contributed by atoms with E-state index in [0.29, 0.717) is 17.7 Å². The molecular weight excluding hydrogens is 334 g/mol. The lowest BCUT2D eigenvalue weighted by Gasteiger charge is -2.33. The Morgan fingerprint density at radius 3 is 2.52 bits per heavy atom. The number of benzene rings is 1. The van der Waals surface area contributed by atoms with Crippen LogP contribution in [0.1, 0.15) is 37.3 Å². The number of rotatable bonds is 5. The van der Waals surface area contributed by atoms with Crippen molar-refractivity contribution in [2.75, 3.05) is 19.6 Å². The molecule has 0 saturated carbocycles. The molecule has 1 fully saturated rings. The molecule has 5 nitrogen and oxygen atoms in total. The van der Waals surface area contributed by atoms with Gasteiger partial charge in [0.1, 0.15) is 0 Å². The van der Waals surface area contributed by atoms with E-state index in [-0.39, 0.29) is 23.3 Å². The van der Waals surface area contributed by atoms with Crippen molar-refractivity contribution < 1.29 is 8.42 Å². The number of nitriles is 1. The number of halogens is 1. The average molecular weight is 358 g/mol. The Morgan fingerprint density at radius 1 is 1.35 bits per heavy atom. The minimum absolute atomic E-state index is 0. The molecule has 0 spiro atoms. The van der Waals surface area contributed by atoms with Gasteiger partial charge in [-0.25, -0.2) is 8.42 Å². The van der Waals surface area contributed by atoms with E-state index in [4.69, 9.17) is 5.26 Å². The Morgan fingerprint density at radius 2 is 2.00 bits per heavy atom. The SMILES string of the molecule is CCCN(C1CCNCC1)S(=O)(=O)c1ccc(C#N)c(C)c1.Cl. The molecule has 0 unspecified atom stereocenters. The predicted molar refractivity (Wildman–Crippen MR) is 93.2 cm³/mol. The Hall–Kier alpha value is -1.13. The number of sulfonamides is 1. The van der Waals surface area contributed by atoms with E-state index in [1.807, 2.05) is 6.92 Å². The van der Waals surface area contributed by atoms with Crippen molar-refractivity contribution in [2.45, 2.75) is 44.0 Å². The highest BCUT2D eigenvalue weighted by molar-refractivity contribution is 7.89. The molecule has 7 heteroatoms. The van der Waals surface area contributed by atoms with Crippen LogP contribution in [0.4, 0.5) is 0 Å². The predicted octanol–water partition coefficient (Wildman–Crippen LogP) is 2.44. The van der Waals surface area contributed by atoms with Crippen LogP contribution >= 0.6 is 12.4 Å². The second-order valence-corrected chi connectivity index (χ2v) is 7.58. The van der Waals surface area contributed by atoms with Crippen LogP contribution in [-0.4, -0.2) is 38.4 Å². The minimum atomic E-state index is -3.51. The van der Waals surface area contributed by atoms with Crippen LogP contribution in [0.25, 0.3) is 0 Å². The molecule has 0 aromatic heterocycles. The Kier molecular flexibility index (Phi) is 7.49. The van der Waals surface area contributed by atoms with E-state index in [9.17, 15) is 8.42 Å². The zero-order valence-electron chi connectivity index (χ0n) is 13.6. The molecule has 2 rings (SSSR count). The van der Waals surface area contributed by atoms with Gasteiger partial charge in [0.2, 0.25) is 10.0 Å². The van der Waals surface area contributed by atoms with Gasteiger partial charge < -0.3 is 5.32 Å². The van der Waals surface area contributed by atoms with Crippen molar-refractivity contribution in [3.63, 3.8) is 0 Å². The minimum Gasteiger partial charge on any atom is -0.317 e. The number of aryl methyl sites for hydroxylation is 1. The first-order valence-electron chi connectivity index (χ1n) is 7.74. The van der Waals surface area contributed by atoms with Gasteiger partial charge >= 0.3 is 0 Å². The monoisotopic (exact) mass is 357 g/mol. The Bertz CT molecular complexity index is 664. The van der Waals surface area contributed by atoms with Crippen molar-refractivity contribution >= 4 is 22.4 Å². The van der Waals surface area contributed by atoms with Gasteiger partial charge in [-0.2, -0.15) is 9.57 Å². The smallest absolute Gasteiger partial charge is 0.243 e. The van der Waals surface area contributed by atoms with E-state index in [1.165, 1.54) is 0 Å². The fourth-order valence-corrected chi connectivity index (χ4v) is 4.73. The van der Waals surface area contributed by atoms with E-state index in [2.05, 4.69) is 11.4 Å². The van der Waals surface area contributed by atoms with Crippen LogP contribution in [0.2, 0.25) is 0 Å². The van der Waals surface area contributed by atoms with Crippen molar-refractivity contribution in [3.05, 3.63) is 29.3 Å². The lowest BCUT2D eigenvalue weighted by molar-refractivity contribution is 0.262. The third kappa shape index (κ3) is 4.45. The summed E-state index contributed by atoms with van der Waals surface area (Å²) < 4.78 is 27.6. The van der Waals surface area contributed by atoms with Crippen molar-refractivity contribution in [2.24, 2.45) is 0 Å². The molecule has 0 bridgehead atoms. The number of hydrogen-bond donors (Lipinski definition) is 1. The fraction of sp³-hybridized carbons (Fsp3) is 0.562. The highest BCUT2D eigenvalue weighted by Crippen LogP contribution is 2.24. The largest absolute Gasteiger partial charge is 0.317 e. The van der Waals surface area contributed by atoms with Gasteiger partial charge in [0.15, 0.2) is 0 Å². The van der Waals surface area contributed by atoms with Gasteiger partial charge in [-0.3, -0.25) is 0 Å². The van der Waals surface area contributed by atoms with Gasteiger partial charge in [0.05, 0.1) is 16.5 Å². The molecule has 1 aromatic carbocycles. The van der Waals surface area contributed by atoms with Crippen molar-refractivity contribution in [1.29, 1.82) is 5.26 Å². The average Bonchev–Trinajstić information content (AvgIpc) is 2.53. The Balaban J connectivity index is 0.00000264. The number of nitrogens with zero attached hydrogens (tertiary/aromatic N) is 2. The summed E-state index contributed by atoms with van der Waals surface area (Å²) in [6, 6.07) is 6.88. The van der Waals surface area contributed by atoms with Gasteiger partial charge in [0.25, 0.3) is 0 Å². The first-order chi connectivity index (χ1) is 10.5.